The highest BCUT2D eigenvalue weighted by Gasteiger charge is 2.46. The number of aromatic amines is 1. The fraction of sp³-hybridized carbons (Fsp3) is 0.400. The lowest BCUT2D eigenvalue weighted by Crippen LogP contribution is -2.32. The number of aryl methyl sites for hydroxylation is 1. The van der Waals surface area contributed by atoms with Gasteiger partial charge >= 0.3 is 5.97 Å². The maximum absolute atomic E-state index is 13.2. The highest BCUT2D eigenvalue weighted by Crippen LogP contribution is 2.41. The van der Waals surface area contributed by atoms with Gasteiger partial charge in [-0.05, 0) is 71.1 Å². The number of aromatic nitrogens is 1. The first-order valence-corrected chi connectivity index (χ1v) is 11.9. The zero-order valence-corrected chi connectivity index (χ0v) is 21.7. The number of H-pyrrole nitrogens is 1. The van der Waals surface area contributed by atoms with E-state index >= 15 is 0 Å². The number of nitrogens with one attached hydrogen (secondary N) is 1. The van der Waals surface area contributed by atoms with Crippen molar-refractivity contribution in [1.82, 2.24) is 14.8 Å². The van der Waals surface area contributed by atoms with Crippen LogP contribution < -0.4 is 0 Å². The van der Waals surface area contributed by atoms with E-state index < -0.39 is 23.7 Å². The predicted molar refractivity (Wildman–Crippen MR) is 133 cm³/mol. The fourth-order valence-electron chi connectivity index (χ4n) is 4.34. The van der Waals surface area contributed by atoms with Gasteiger partial charge in [-0.15, -0.1) is 0 Å². The van der Waals surface area contributed by atoms with Gasteiger partial charge in [0.25, 0.3) is 11.7 Å². The molecule has 1 aliphatic heterocycles. The average Bonchev–Trinajstić information content (AvgIpc) is 3.21. The number of benzene rings is 1. The molecule has 0 saturated carbocycles. The first-order chi connectivity index (χ1) is 16.1. The molecular formula is C25H30BrN3O5. The Morgan fingerprint density at radius 2 is 1.97 bits per heavy atom. The molecule has 1 unspecified atom stereocenters. The monoisotopic (exact) mass is 531 g/mol. The molecule has 3 rings (SSSR count). The molecule has 0 bridgehead atoms. The lowest BCUT2D eigenvalue weighted by atomic mass is 9.94. The van der Waals surface area contributed by atoms with Gasteiger partial charge in [0.05, 0.1) is 18.2 Å². The number of rotatable bonds is 8. The van der Waals surface area contributed by atoms with E-state index in [0.717, 1.165) is 11.0 Å². The minimum Gasteiger partial charge on any atom is -0.507 e. The molecule has 2 heterocycles. The zero-order chi connectivity index (χ0) is 25.2. The van der Waals surface area contributed by atoms with Crippen molar-refractivity contribution in [3.8, 4) is 0 Å². The van der Waals surface area contributed by atoms with E-state index in [4.69, 9.17) is 4.74 Å². The molecule has 1 fully saturated rings. The summed E-state index contributed by atoms with van der Waals surface area (Å²) in [5, 5.41) is 11.4. The summed E-state index contributed by atoms with van der Waals surface area (Å²) in [5.41, 5.74) is 2.21. The molecule has 2 aromatic rings. The van der Waals surface area contributed by atoms with Crippen molar-refractivity contribution < 1.29 is 24.2 Å². The number of carbonyl (C=O) groups is 3. The molecule has 1 saturated heterocycles. The van der Waals surface area contributed by atoms with Crippen LogP contribution in [0.5, 0.6) is 0 Å². The number of hydrogen-bond donors (Lipinski definition) is 2. The number of Topliss-reactive ketones (excluding diaryl/α,β-unsaturated/α-hetero) is 1. The van der Waals surface area contributed by atoms with E-state index in [1.165, 1.54) is 4.90 Å². The van der Waals surface area contributed by atoms with Crippen LogP contribution in [0.3, 0.4) is 0 Å². The molecule has 0 spiro atoms. The molecule has 1 aliphatic rings. The minimum absolute atomic E-state index is 0.00793. The molecule has 8 nitrogen and oxygen atoms in total. The molecule has 182 valence electrons. The van der Waals surface area contributed by atoms with Crippen molar-refractivity contribution in [3.05, 3.63) is 62.4 Å². The molecule has 0 aliphatic carbocycles. The number of likely N-dealkylation sites (tertiary alicyclic amines) is 1. The number of hydrogen-bond acceptors (Lipinski definition) is 6. The van der Waals surface area contributed by atoms with Crippen molar-refractivity contribution in [2.75, 3.05) is 33.8 Å². The highest BCUT2D eigenvalue weighted by atomic mass is 79.9. The number of esters is 1. The fourth-order valence-corrected chi connectivity index (χ4v) is 4.76. The Balaban J connectivity index is 2.16. The van der Waals surface area contributed by atoms with Gasteiger partial charge in [0.1, 0.15) is 11.5 Å². The number of aliphatic hydroxyl groups is 1. The third-order valence-electron chi connectivity index (χ3n) is 5.86. The highest BCUT2D eigenvalue weighted by molar-refractivity contribution is 9.10. The maximum atomic E-state index is 13.2. The van der Waals surface area contributed by atoms with Crippen molar-refractivity contribution in [1.29, 1.82) is 0 Å². The second-order valence-electron chi connectivity index (χ2n) is 8.55. The van der Waals surface area contributed by atoms with Crippen LogP contribution in [0.25, 0.3) is 5.76 Å². The van der Waals surface area contributed by atoms with Gasteiger partial charge in [0, 0.05) is 22.3 Å². The molecular weight excluding hydrogens is 502 g/mol. The number of ether oxygens (including phenoxy) is 1. The van der Waals surface area contributed by atoms with Crippen molar-refractivity contribution >= 4 is 39.3 Å². The van der Waals surface area contributed by atoms with Crippen LogP contribution in [-0.4, -0.2) is 71.3 Å². The summed E-state index contributed by atoms with van der Waals surface area (Å²) in [7, 11) is 3.89. The average molecular weight is 532 g/mol. The van der Waals surface area contributed by atoms with Crippen LogP contribution in [0.4, 0.5) is 0 Å². The molecule has 0 radical (unpaired) electrons. The summed E-state index contributed by atoms with van der Waals surface area (Å²) in [4.78, 5) is 45.2. The third-order valence-corrected chi connectivity index (χ3v) is 6.36. The van der Waals surface area contributed by atoms with Crippen LogP contribution in [0.15, 0.2) is 34.3 Å². The summed E-state index contributed by atoms with van der Waals surface area (Å²) >= 11 is 3.46. The number of carbonyl (C=O) groups excluding carboxylic acids is 3. The summed E-state index contributed by atoms with van der Waals surface area (Å²) in [6.45, 7) is 6.39. The summed E-state index contributed by atoms with van der Waals surface area (Å²) in [6.07, 6.45) is 0.666. The SMILES string of the molecule is CCOC(=O)c1[nH]c(C)c(/C(O)=C2\C(=O)C(=O)N(CCCN(C)C)C2c2cccc(Br)c2)c1C. The van der Waals surface area contributed by atoms with E-state index in [2.05, 4.69) is 20.9 Å². The topological polar surface area (TPSA) is 103 Å². The van der Waals surface area contributed by atoms with E-state index in [0.29, 0.717) is 35.3 Å². The van der Waals surface area contributed by atoms with E-state index in [1.54, 1.807) is 20.8 Å². The van der Waals surface area contributed by atoms with E-state index in [1.807, 2.05) is 43.3 Å². The smallest absolute Gasteiger partial charge is 0.355 e. The van der Waals surface area contributed by atoms with Gasteiger partial charge in [-0.1, -0.05) is 28.1 Å². The Kier molecular flexibility index (Phi) is 7.99. The summed E-state index contributed by atoms with van der Waals surface area (Å²) in [6, 6.07) is 6.59. The van der Waals surface area contributed by atoms with Gasteiger partial charge in [0.15, 0.2) is 0 Å². The number of ketones is 1. The lowest BCUT2D eigenvalue weighted by Gasteiger charge is -2.26. The summed E-state index contributed by atoms with van der Waals surface area (Å²) in [5.74, 6) is -2.25. The number of amides is 1. The van der Waals surface area contributed by atoms with Gasteiger partial charge in [-0.25, -0.2) is 4.79 Å². The Morgan fingerprint density at radius 3 is 2.59 bits per heavy atom. The number of halogens is 1. The van der Waals surface area contributed by atoms with Gasteiger partial charge in [-0.3, -0.25) is 9.59 Å². The molecule has 1 aromatic heterocycles. The lowest BCUT2D eigenvalue weighted by molar-refractivity contribution is -0.139. The second kappa shape index (κ2) is 10.6. The van der Waals surface area contributed by atoms with E-state index in [-0.39, 0.29) is 23.6 Å². The second-order valence-corrected chi connectivity index (χ2v) is 9.47. The molecule has 1 amide bonds. The predicted octanol–water partition coefficient (Wildman–Crippen LogP) is 3.94. The zero-order valence-electron chi connectivity index (χ0n) is 20.1. The molecule has 34 heavy (non-hydrogen) atoms. The van der Waals surface area contributed by atoms with Crippen LogP contribution in [0.1, 0.15) is 52.3 Å². The van der Waals surface area contributed by atoms with Gasteiger partial charge < -0.3 is 24.6 Å². The summed E-state index contributed by atoms with van der Waals surface area (Å²) < 4.78 is 5.89. The number of aliphatic hydroxyl groups excluding tert-OH is 1. The normalized spacial score (nSPS) is 17.6. The van der Waals surface area contributed by atoms with Crippen LogP contribution in [0, 0.1) is 13.8 Å². The van der Waals surface area contributed by atoms with Gasteiger partial charge in [-0.2, -0.15) is 0 Å². The minimum atomic E-state index is -0.751. The largest absolute Gasteiger partial charge is 0.507 e. The first-order valence-electron chi connectivity index (χ1n) is 11.1. The molecule has 9 heteroatoms. The van der Waals surface area contributed by atoms with Gasteiger partial charge in [0.2, 0.25) is 0 Å². The Bertz CT molecular complexity index is 1150. The molecule has 1 atom stereocenters. The van der Waals surface area contributed by atoms with Crippen LogP contribution in [0.2, 0.25) is 0 Å². The first kappa shape index (κ1) is 25.7. The molecule has 2 N–H and O–H groups in total. The Morgan fingerprint density at radius 1 is 1.26 bits per heavy atom. The Labute approximate surface area is 207 Å². The molecule has 1 aromatic carbocycles. The number of nitrogens with zero attached hydrogens (tertiary/aromatic N) is 2. The standard InChI is InChI=1S/C25H30BrN3O5/c1-6-34-25(33)20-14(2)18(15(3)27-20)22(30)19-21(16-9-7-10-17(26)13-16)29(24(32)23(19)31)12-8-11-28(4)5/h7,9-10,13,21,27,30H,6,8,11-12H2,1-5H3/b22-19+. The third kappa shape index (κ3) is 4.95. The van der Waals surface area contributed by atoms with Crippen LogP contribution in [-0.2, 0) is 14.3 Å². The maximum Gasteiger partial charge on any atom is 0.355 e. The van der Waals surface area contributed by atoms with Crippen molar-refractivity contribution in [3.63, 3.8) is 0 Å². The van der Waals surface area contributed by atoms with Crippen molar-refractivity contribution in [2.45, 2.75) is 33.2 Å². The Hall–Kier alpha value is -2.91. The van der Waals surface area contributed by atoms with Crippen LogP contribution >= 0.6 is 15.9 Å². The van der Waals surface area contributed by atoms with Crippen molar-refractivity contribution in [2.24, 2.45) is 0 Å². The quantitative estimate of drug-likeness (QED) is 0.231. The van der Waals surface area contributed by atoms with E-state index in [9.17, 15) is 19.5 Å².